The molecule has 1 aliphatic rings. The second-order valence-corrected chi connectivity index (χ2v) is 7.05. The third-order valence-electron chi connectivity index (χ3n) is 4.64. The minimum atomic E-state index is -0.0662. The lowest BCUT2D eigenvalue weighted by molar-refractivity contribution is -0.125. The van der Waals surface area contributed by atoms with Crippen molar-refractivity contribution in [3.63, 3.8) is 0 Å². The number of nitrogens with one attached hydrogen (secondary N) is 2. The predicted molar refractivity (Wildman–Crippen MR) is 114 cm³/mol. The summed E-state index contributed by atoms with van der Waals surface area (Å²) >= 11 is 6.05. The summed E-state index contributed by atoms with van der Waals surface area (Å²) in [5.74, 6) is 7.42. The van der Waals surface area contributed by atoms with Gasteiger partial charge in [0.05, 0.1) is 5.02 Å². The standard InChI is InChI=1S/C21H19ClN6O2/c1-2-18(29)28-10-9-14(12-28)25-20-19-21(24-13-23-20)27-17(26-19)8-5-11-30-16-7-4-3-6-15(16)22/h2-4,6-7,13-14H,1,9-12H2,(H2,23,24,25,26,27). The van der Waals surface area contributed by atoms with Crippen LogP contribution in [0, 0.1) is 11.8 Å². The molecule has 2 N–H and O–H groups in total. The molecule has 1 aliphatic heterocycles. The summed E-state index contributed by atoms with van der Waals surface area (Å²) in [5.41, 5.74) is 1.18. The van der Waals surface area contributed by atoms with Gasteiger partial charge in [-0.2, -0.15) is 0 Å². The van der Waals surface area contributed by atoms with Crippen LogP contribution in [0.15, 0.2) is 43.2 Å². The fourth-order valence-electron chi connectivity index (χ4n) is 3.19. The highest BCUT2D eigenvalue weighted by atomic mass is 35.5. The number of hydrogen-bond donors (Lipinski definition) is 2. The summed E-state index contributed by atoms with van der Waals surface area (Å²) in [7, 11) is 0. The number of likely N-dealkylation sites (tertiary alicyclic amines) is 1. The number of ether oxygens (including phenoxy) is 1. The van der Waals surface area contributed by atoms with Crippen LogP contribution in [0.1, 0.15) is 12.2 Å². The molecule has 9 heteroatoms. The maximum absolute atomic E-state index is 11.8. The fraction of sp³-hybridized carbons (Fsp3) is 0.238. The Morgan fingerprint density at radius 3 is 3.13 bits per heavy atom. The molecule has 8 nitrogen and oxygen atoms in total. The number of carbonyl (C=O) groups is 1. The van der Waals surface area contributed by atoms with Crippen LogP contribution in [0.5, 0.6) is 5.75 Å². The molecule has 0 aliphatic carbocycles. The average molecular weight is 423 g/mol. The van der Waals surface area contributed by atoms with E-state index >= 15 is 0 Å². The molecule has 2 aromatic heterocycles. The van der Waals surface area contributed by atoms with E-state index in [2.05, 4.69) is 43.7 Å². The highest BCUT2D eigenvalue weighted by Gasteiger charge is 2.25. The van der Waals surface area contributed by atoms with Crippen LogP contribution in [0.2, 0.25) is 5.02 Å². The Morgan fingerprint density at radius 1 is 1.43 bits per heavy atom. The van der Waals surface area contributed by atoms with E-state index in [1.54, 1.807) is 17.0 Å². The van der Waals surface area contributed by atoms with Gasteiger partial charge in [0.15, 0.2) is 22.8 Å². The summed E-state index contributed by atoms with van der Waals surface area (Å²) in [6.45, 7) is 4.98. The summed E-state index contributed by atoms with van der Waals surface area (Å²) in [6.07, 6.45) is 3.61. The molecule has 30 heavy (non-hydrogen) atoms. The number of imidazole rings is 1. The Morgan fingerprint density at radius 2 is 2.30 bits per heavy atom. The van der Waals surface area contributed by atoms with Crippen molar-refractivity contribution in [1.82, 2.24) is 24.8 Å². The van der Waals surface area contributed by atoms with Crippen LogP contribution in [0.4, 0.5) is 5.82 Å². The Bertz CT molecular complexity index is 1150. The van der Waals surface area contributed by atoms with Gasteiger partial charge in [0, 0.05) is 19.1 Å². The van der Waals surface area contributed by atoms with Crippen molar-refractivity contribution < 1.29 is 9.53 Å². The molecule has 1 atom stereocenters. The van der Waals surface area contributed by atoms with Gasteiger partial charge in [-0.1, -0.05) is 36.2 Å². The van der Waals surface area contributed by atoms with Crippen LogP contribution >= 0.6 is 11.6 Å². The first-order valence-corrected chi connectivity index (χ1v) is 9.76. The quantitative estimate of drug-likeness (QED) is 0.484. The van der Waals surface area contributed by atoms with Gasteiger partial charge in [-0.3, -0.25) is 4.79 Å². The molecule has 0 radical (unpaired) electrons. The van der Waals surface area contributed by atoms with Crippen molar-refractivity contribution in [2.75, 3.05) is 25.0 Å². The first-order chi connectivity index (χ1) is 14.6. The number of anilines is 1. The molecule has 0 saturated carbocycles. The fourth-order valence-corrected chi connectivity index (χ4v) is 3.38. The summed E-state index contributed by atoms with van der Waals surface area (Å²) in [4.78, 5) is 29.6. The number of H-pyrrole nitrogens is 1. The Kier molecular flexibility index (Phi) is 5.82. The van der Waals surface area contributed by atoms with Gasteiger partial charge in [0.1, 0.15) is 18.7 Å². The first-order valence-electron chi connectivity index (χ1n) is 9.39. The maximum Gasteiger partial charge on any atom is 0.246 e. The number of benzene rings is 1. The molecule has 0 bridgehead atoms. The number of hydrogen-bond acceptors (Lipinski definition) is 6. The zero-order valence-electron chi connectivity index (χ0n) is 16.1. The molecule has 1 fully saturated rings. The van der Waals surface area contributed by atoms with Gasteiger partial charge < -0.3 is 19.9 Å². The first kappa shape index (κ1) is 19.7. The van der Waals surface area contributed by atoms with E-state index in [0.29, 0.717) is 46.7 Å². The summed E-state index contributed by atoms with van der Waals surface area (Å²) in [5, 5.41) is 3.89. The lowest BCUT2D eigenvalue weighted by atomic mass is 10.2. The van der Waals surface area contributed by atoms with Gasteiger partial charge in [-0.15, -0.1) is 0 Å². The third-order valence-corrected chi connectivity index (χ3v) is 4.95. The Hall–Kier alpha value is -3.57. The van der Waals surface area contributed by atoms with Crippen LogP contribution in [-0.2, 0) is 4.79 Å². The van der Waals surface area contributed by atoms with Crippen molar-refractivity contribution in [3.8, 4) is 17.6 Å². The minimum Gasteiger partial charge on any atom is -0.479 e. The monoisotopic (exact) mass is 422 g/mol. The molecule has 1 amide bonds. The number of fused-ring (bicyclic) bond motifs is 1. The van der Waals surface area contributed by atoms with Gasteiger partial charge >= 0.3 is 0 Å². The SMILES string of the molecule is C=CC(=O)N1CCC(Nc2ncnc3[nH]c(C#CCOc4ccccc4Cl)nc23)C1. The lowest BCUT2D eigenvalue weighted by Crippen LogP contribution is -2.30. The number of carbonyl (C=O) groups excluding carboxylic acids is 1. The number of amides is 1. The zero-order valence-corrected chi connectivity index (χ0v) is 16.8. The molecule has 1 unspecified atom stereocenters. The Labute approximate surface area is 178 Å². The Balaban J connectivity index is 1.43. The van der Waals surface area contributed by atoms with Gasteiger partial charge in [0.2, 0.25) is 5.91 Å². The molecule has 1 saturated heterocycles. The van der Waals surface area contributed by atoms with Crippen LogP contribution in [0.3, 0.4) is 0 Å². The van der Waals surface area contributed by atoms with Gasteiger partial charge in [0.25, 0.3) is 0 Å². The smallest absolute Gasteiger partial charge is 0.246 e. The average Bonchev–Trinajstić information content (AvgIpc) is 3.39. The zero-order chi connectivity index (χ0) is 20.9. The second kappa shape index (κ2) is 8.84. The van der Waals surface area contributed by atoms with E-state index in [9.17, 15) is 4.79 Å². The van der Waals surface area contributed by atoms with Crippen molar-refractivity contribution >= 4 is 34.5 Å². The molecule has 1 aromatic carbocycles. The van der Waals surface area contributed by atoms with Gasteiger partial charge in [-0.05, 0) is 30.6 Å². The van der Waals surface area contributed by atoms with Crippen molar-refractivity contribution in [3.05, 3.63) is 54.1 Å². The highest BCUT2D eigenvalue weighted by Crippen LogP contribution is 2.23. The number of rotatable bonds is 5. The highest BCUT2D eigenvalue weighted by molar-refractivity contribution is 6.32. The molecule has 3 heterocycles. The number of aromatic nitrogens is 4. The number of para-hydroxylation sites is 1. The van der Waals surface area contributed by atoms with E-state index in [1.807, 2.05) is 12.1 Å². The van der Waals surface area contributed by atoms with Crippen molar-refractivity contribution in [2.45, 2.75) is 12.5 Å². The normalized spacial score (nSPS) is 15.5. The van der Waals surface area contributed by atoms with Crippen molar-refractivity contribution in [1.29, 1.82) is 0 Å². The summed E-state index contributed by atoms with van der Waals surface area (Å²) < 4.78 is 5.56. The van der Waals surface area contributed by atoms with Crippen LogP contribution in [-0.4, -0.2) is 56.5 Å². The number of aromatic amines is 1. The van der Waals surface area contributed by atoms with Crippen LogP contribution < -0.4 is 10.1 Å². The number of nitrogens with zero attached hydrogens (tertiary/aromatic N) is 4. The minimum absolute atomic E-state index is 0.0662. The van der Waals surface area contributed by atoms with E-state index in [1.165, 1.54) is 12.4 Å². The maximum atomic E-state index is 11.8. The molecule has 0 spiro atoms. The molecular formula is C21H19ClN6O2. The van der Waals surface area contributed by atoms with E-state index in [-0.39, 0.29) is 18.6 Å². The molecule has 152 valence electrons. The topological polar surface area (TPSA) is 96.0 Å². The third kappa shape index (κ3) is 4.36. The summed E-state index contributed by atoms with van der Waals surface area (Å²) in [6, 6.07) is 7.31. The molecule has 4 rings (SSSR count). The van der Waals surface area contributed by atoms with E-state index < -0.39 is 0 Å². The largest absolute Gasteiger partial charge is 0.479 e. The second-order valence-electron chi connectivity index (χ2n) is 6.64. The van der Waals surface area contributed by atoms with Gasteiger partial charge in [-0.25, -0.2) is 15.0 Å². The lowest BCUT2D eigenvalue weighted by Gasteiger charge is -2.15. The number of halogens is 1. The predicted octanol–water partition coefficient (Wildman–Crippen LogP) is 2.64. The van der Waals surface area contributed by atoms with Crippen molar-refractivity contribution in [2.24, 2.45) is 0 Å². The van der Waals surface area contributed by atoms with Crippen LogP contribution in [0.25, 0.3) is 11.2 Å². The van der Waals surface area contributed by atoms with E-state index in [0.717, 1.165) is 6.42 Å². The molecular weight excluding hydrogens is 404 g/mol. The van der Waals surface area contributed by atoms with E-state index in [4.69, 9.17) is 16.3 Å². The molecule has 3 aromatic rings.